The third-order valence-corrected chi connectivity index (χ3v) is 3.37. The Labute approximate surface area is 119 Å². The standard InChI is InChI=1S/C12H14BrN3OS/c1-8(2)16-12(14-11(13)15-16)17-9-5-4-6-10(7-9)18-3/h4-8H,1-3H3. The molecule has 0 N–H and O–H groups in total. The molecule has 1 heterocycles. The number of hydrogen-bond acceptors (Lipinski definition) is 4. The summed E-state index contributed by atoms with van der Waals surface area (Å²) >= 11 is 4.94. The van der Waals surface area contributed by atoms with E-state index >= 15 is 0 Å². The first kappa shape index (κ1) is 13.4. The van der Waals surface area contributed by atoms with Crippen molar-refractivity contribution in [2.45, 2.75) is 24.8 Å². The van der Waals surface area contributed by atoms with Crippen molar-refractivity contribution in [2.75, 3.05) is 6.26 Å². The van der Waals surface area contributed by atoms with Crippen molar-refractivity contribution < 1.29 is 4.74 Å². The summed E-state index contributed by atoms with van der Waals surface area (Å²) in [6.07, 6.45) is 2.03. The molecule has 0 spiro atoms. The number of halogens is 1. The molecule has 2 rings (SSSR count). The highest BCUT2D eigenvalue weighted by atomic mass is 79.9. The second-order valence-electron chi connectivity index (χ2n) is 3.98. The van der Waals surface area contributed by atoms with Gasteiger partial charge in [-0.1, -0.05) is 6.07 Å². The predicted molar refractivity (Wildman–Crippen MR) is 76.4 cm³/mol. The number of ether oxygens (including phenoxy) is 1. The fourth-order valence-electron chi connectivity index (χ4n) is 1.46. The van der Waals surface area contributed by atoms with Gasteiger partial charge in [0.1, 0.15) is 5.75 Å². The van der Waals surface area contributed by atoms with Crippen LogP contribution in [0.25, 0.3) is 0 Å². The van der Waals surface area contributed by atoms with E-state index in [0.717, 1.165) is 10.6 Å². The largest absolute Gasteiger partial charge is 0.424 e. The molecule has 1 aromatic heterocycles. The first-order valence-corrected chi connectivity index (χ1v) is 7.56. The minimum atomic E-state index is 0.197. The molecule has 0 unspecified atom stereocenters. The van der Waals surface area contributed by atoms with Crippen LogP contribution in [0.4, 0.5) is 0 Å². The van der Waals surface area contributed by atoms with Crippen LogP contribution in [0.3, 0.4) is 0 Å². The maximum Gasteiger partial charge on any atom is 0.321 e. The normalized spacial score (nSPS) is 10.9. The van der Waals surface area contributed by atoms with E-state index < -0.39 is 0 Å². The van der Waals surface area contributed by atoms with E-state index in [9.17, 15) is 0 Å². The Morgan fingerprint density at radius 3 is 2.83 bits per heavy atom. The molecule has 2 aromatic rings. The summed E-state index contributed by atoms with van der Waals surface area (Å²) in [5, 5.41) is 4.24. The van der Waals surface area contributed by atoms with Crippen molar-refractivity contribution in [2.24, 2.45) is 0 Å². The van der Waals surface area contributed by atoms with E-state index in [2.05, 4.69) is 26.0 Å². The Balaban J connectivity index is 2.27. The predicted octanol–water partition coefficient (Wildman–Crippen LogP) is 4.14. The molecule has 0 aliphatic carbocycles. The Hall–Kier alpha value is -1.01. The van der Waals surface area contributed by atoms with E-state index in [4.69, 9.17) is 4.74 Å². The van der Waals surface area contributed by atoms with Crippen LogP contribution < -0.4 is 4.74 Å². The maximum absolute atomic E-state index is 5.78. The third-order valence-electron chi connectivity index (χ3n) is 2.31. The Bertz CT molecular complexity index is 542. The van der Waals surface area contributed by atoms with Crippen molar-refractivity contribution >= 4 is 27.7 Å². The molecule has 0 bridgehead atoms. The van der Waals surface area contributed by atoms with Gasteiger partial charge in [-0.3, -0.25) is 0 Å². The zero-order valence-corrected chi connectivity index (χ0v) is 12.8. The van der Waals surface area contributed by atoms with E-state index in [0.29, 0.717) is 10.7 Å². The Morgan fingerprint density at radius 2 is 2.17 bits per heavy atom. The molecule has 6 heteroatoms. The number of aromatic nitrogens is 3. The van der Waals surface area contributed by atoms with Crippen molar-refractivity contribution in [3.8, 4) is 11.8 Å². The molecule has 1 aromatic carbocycles. The van der Waals surface area contributed by atoms with Gasteiger partial charge in [-0.15, -0.1) is 16.9 Å². The van der Waals surface area contributed by atoms with Crippen molar-refractivity contribution in [3.63, 3.8) is 0 Å². The molecule has 0 saturated heterocycles. The lowest BCUT2D eigenvalue weighted by atomic mass is 10.3. The first-order chi connectivity index (χ1) is 8.60. The van der Waals surface area contributed by atoms with Crippen LogP contribution >= 0.6 is 27.7 Å². The topological polar surface area (TPSA) is 39.9 Å². The van der Waals surface area contributed by atoms with Gasteiger partial charge in [0.05, 0.1) is 6.04 Å². The van der Waals surface area contributed by atoms with Crippen LogP contribution in [0.15, 0.2) is 33.9 Å². The zero-order valence-electron chi connectivity index (χ0n) is 10.4. The summed E-state index contributed by atoms with van der Waals surface area (Å²) in [5.41, 5.74) is 0. The number of hydrogen-bond donors (Lipinski definition) is 0. The molecule has 4 nitrogen and oxygen atoms in total. The fourth-order valence-corrected chi connectivity index (χ4v) is 2.23. The van der Waals surface area contributed by atoms with Crippen molar-refractivity contribution in [3.05, 3.63) is 29.0 Å². The van der Waals surface area contributed by atoms with Gasteiger partial charge in [0.2, 0.25) is 4.73 Å². The molecular weight excluding hydrogens is 314 g/mol. The molecule has 0 saturated carbocycles. The summed E-state index contributed by atoms with van der Waals surface area (Å²) in [6.45, 7) is 4.07. The van der Waals surface area contributed by atoms with Gasteiger partial charge in [-0.2, -0.15) is 4.98 Å². The van der Waals surface area contributed by atoms with E-state index in [1.807, 2.05) is 44.4 Å². The van der Waals surface area contributed by atoms with Crippen molar-refractivity contribution in [1.29, 1.82) is 0 Å². The van der Waals surface area contributed by atoms with Crippen LogP contribution in [-0.2, 0) is 0 Å². The Kier molecular flexibility index (Phi) is 4.29. The summed E-state index contributed by atoms with van der Waals surface area (Å²) in [7, 11) is 0. The van der Waals surface area contributed by atoms with Gasteiger partial charge in [0.15, 0.2) is 0 Å². The van der Waals surface area contributed by atoms with Gasteiger partial charge in [0, 0.05) is 4.90 Å². The van der Waals surface area contributed by atoms with Gasteiger partial charge in [-0.05, 0) is 54.2 Å². The molecule has 18 heavy (non-hydrogen) atoms. The summed E-state index contributed by atoms with van der Waals surface area (Å²) in [5.74, 6) is 0.767. The van der Waals surface area contributed by atoms with Gasteiger partial charge >= 0.3 is 6.01 Å². The smallest absolute Gasteiger partial charge is 0.321 e. The minimum Gasteiger partial charge on any atom is -0.424 e. The highest BCUT2D eigenvalue weighted by molar-refractivity contribution is 9.10. The van der Waals surface area contributed by atoms with Gasteiger partial charge in [0.25, 0.3) is 0 Å². The molecule has 0 aliphatic heterocycles. The SMILES string of the molecule is CSc1cccc(Oc2nc(Br)nn2C(C)C)c1. The molecule has 0 fully saturated rings. The molecule has 0 radical (unpaired) electrons. The van der Waals surface area contributed by atoms with Crippen LogP contribution in [0.1, 0.15) is 19.9 Å². The van der Waals surface area contributed by atoms with Crippen LogP contribution in [0, 0.1) is 0 Å². The summed E-state index contributed by atoms with van der Waals surface area (Å²) in [4.78, 5) is 5.38. The van der Waals surface area contributed by atoms with E-state index in [1.54, 1.807) is 16.4 Å². The first-order valence-electron chi connectivity index (χ1n) is 5.54. The lowest BCUT2D eigenvalue weighted by Gasteiger charge is -2.10. The van der Waals surface area contributed by atoms with Crippen molar-refractivity contribution in [1.82, 2.24) is 14.8 Å². The molecule has 96 valence electrons. The molecular formula is C12H14BrN3OS. The zero-order chi connectivity index (χ0) is 13.1. The number of rotatable bonds is 4. The number of benzene rings is 1. The molecule has 0 amide bonds. The monoisotopic (exact) mass is 327 g/mol. The third kappa shape index (κ3) is 3.05. The number of nitrogens with zero attached hydrogens (tertiary/aromatic N) is 3. The highest BCUT2D eigenvalue weighted by Gasteiger charge is 2.13. The van der Waals surface area contributed by atoms with Crippen LogP contribution in [-0.4, -0.2) is 21.0 Å². The quantitative estimate of drug-likeness (QED) is 0.791. The lowest BCUT2D eigenvalue weighted by Crippen LogP contribution is -2.05. The highest BCUT2D eigenvalue weighted by Crippen LogP contribution is 2.26. The van der Waals surface area contributed by atoms with Crippen LogP contribution in [0.5, 0.6) is 11.8 Å². The summed E-state index contributed by atoms with van der Waals surface area (Å²) < 4.78 is 8.06. The second kappa shape index (κ2) is 5.75. The fraction of sp³-hybridized carbons (Fsp3) is 0.333. The molecule has 0 aliphatic rings. The second-order valence-corrected chi connectivity index (χ2v) is 5.57. The van der Waals surface area contributed by atoms with Gasteiger partial charge < -0.3 is 4.74 Å². The van der Waals surface area contributed by atoms with E-state index in [-0.39, 0.29) is 6.04 Å². The maximum atomic E-state index is 5.78. The molecule has 0 atom stereocenters. The van der Waals surface area contributed by atoms with E-state index in [1.165, 1.54) is 0 Å². The van der Waals surface area contributed by atoms with Crippen LogP contribution in [0.2, 0.25) is 0 Å². The Morgan fingerprint density at radius 1 is 1.39 bits per heavy atom. The number of thioether (sulfide) groups is 1. The minimum absolute atomic E-state index is 0.197. The lowest BCUT2D eigenvalue weighted by molar-refractivity contribution is 0.376. The average Bonchev–Trinajstić information content (AvgIpc) is 2.70. The average molecular weight is 328 g/mol. The van der Waals surface area contributed by atoms with Gasteiger partial charge in [-0.25, -0.2) is 4.68 Å². The summed E-state index contributed by atoms with van der Waals surface area (Å²) in [6, 6.07) is 8.59.